The van der Waals surface area contributed by atoms with Gasteiger partial charge >= 0.3 is 0 Å². The van der Waals surface area contributed by atoms with Crippen LogP contribution in [0.5, 0.6) is 0 Å². The Kier molecular flexibility index (Phi) is 6.36. The van der Waals surface area contributed by atoms with Crippen LogP contribution < -0.4 is 5.32 Å². The quantitative estimate of drug-likeness (QED) is 0.465. The third-order valence-corrected chi connectivity index (χ3v) is 5.78. The van der Waals surface area contributed by atoms with E-state index in [-0.39, 0.29) is 11.8 Å². The summed E-state index contributed by atoms with van der Waals surface area (Å²) < 4.78 is 11.1. The van der Waals surface area contributed by atoms with Crippen molar-refractivity contribution in [1.82, 2.24) is 15.1 Å². The van der Waals surface area contributed by atoms with Crippen LogP contribution in [0.2, 0.25) is 0 Å². The van der Waals surface area contributed by atoms with Crippen molar-refractivity contribution in [2.24, 2.45) is 0 Å². The van der Waals surface area contributed by atoms with Gasteiger partial charge in [-0.2, -0.15) is 0 Å². The van der Waals surface area contributed by atoms with Gasteiger partial charge in [0, 0.05) is 41.0 Å². The van der Waals surface area contributed by atoms with Crippen molar-refractivity contribution in [3.8, 4) is 22.9 Å². The average Bonchev–Trinajstić information content (AvgIpc) is 3.40. The standard InChI is InChI=1S/C27H24N4O4/c1-18-5-7-20(8-6-18)25-29-30-26(35-25)21-11-9-19(10-12-21)24(32)28-23-4-2-3-22(17-23)27(33)31-13-15-34-16-14-31/h2-12,17H,13-16H2,1H3,(H,28,32). The zero-order valence-corrected chi connectivity index (χ0v) is 19.2. The Bertz CT molecular complexity index is 1340. The van der Waals surface area contributed by atoms with E-state index in [0.29, 0.717) is 60.5 Å². The number of morpholine rings is 1. The van der Waals surface area contributed by atoms with E-state index in [2.05, 4.69) is 15.5 Å². The molecule has 1 aliphatic heterocycles. The van der Waals surface area contributed by atoms with Gasteiger partial charge in [-0.3, -0.25) is 9.59 Å². The third-order valence-electron chi connectivity index (χ3n) is 5.78. The number of ether oxygens (including phenoxy) is 1. The Morgan fingerprint density at radius 2 is 1.46 bits per heavy atom. The van der Waals surface area contributed by atoms with Crippen LogP contribution in [0, 0.1) is 6.92 Å². The molecule has 0 radical (unpaired) electrons. The van der Waals surface area contributed by atoms with Gasteiger partial charge in [0.25, 0.3) is 11.8 Å². The molecule has 0 saturated carbocycles. The Hall–Kier alpha value is -4.30. The number of carbonyl (C=O) groups is 2. The molecule has 5 rings (SSSR count). The minimum absolute atomic E-state index is 0.0710. The molecule has 35 heavy (non-hydrogen) atoms. The molecule has 1 aromatic heterocycles. The van der Waals surface area contributed by atoms with E-state index < -0.39 is 0 Å². The largest absolute Gasteiger partial charge is 0.416 e. The second-order valence-corrected chi connectivity index (χ2v) is 8.30. The van der Waals surface area contributed by atoms with Crippen molar-refractivity contribution >= 4 is 17.5 Å². The lowest BCUT2D eigenvalue weighted by molar-refractivity contribution is 0.0303. The predicted molar refractivity (Wildman–Crippen MR) is 131 cm³/mol. The monoisotopic (exact) mass is 468 g/mol. The zero-order chi connectivity index (χ0) is 24.2. The van der Waals surface area contributed by atoms with Gasteiger partial charge in [-0.15, -0.1) is 10.2 Å². The lowest BCUT2D eigenvalue weighted by Gasteiger charge is -2.27. The summed E-state index contributed by atoms with van der Waals surface area (Å²) in [6.45, 7) is 4.22. The van der Waals surface area contributed by atoms with E-state index in [9.17, 15) is 9.59 Å². The van der Waals surface area contributed by atoms with Crippen molar-refractivity contribution in [3.63, 3.8) is 0 Å². The Morgan fingerprint density at radius 1 is 0.829 bits per heavy atom. The summed E-state index contributed by atoms with van der Waals surface area (Å²) in [6, 6.07) is 21.7. The van der Waals surface area contributed by atoms with Gasteiger partial charge in [0.15, 0.2) is 0 Å². The summed E-state index contributed by atoms with van der Waals surface area (Å²) in [5.74, 6) is 0.465. The lowest BCUT2D eigenvalue weighted by atomic mass is 10.1. The number of aryl methyl sites for hydroxylation is 1. The van der Waals surface area contributed by atoms with Gasteiger partial charge in [-0.05, 0) is 61.5 Å². The first-order chi connectivity index (χ1) is 17.1. The SMILES string of the molecule is Cc1ccc(-c2nnc(-c3ccc(C(=O)Nc4cccc(C(=O)N5CCOCC5)c4)cc3)o2)cc1. The Labute approximate surface area is 202 Å². The van der Waals surface area contributed by atoms with Gasteiger partial charge < -0.3 is 19.4 Å². The minimum atomic E-state index is -0.279. The lowest BCUT2D eigenvalue weighted by Crippen LogP contribution is -2.40. The minimum Gasteiger partial charge on any atom is -0.416 e. The molecule has 1 fully saturated rings. The summed E-state index contributed by atoms with van der Waals surface area (Å²) in [5.41, 5.74) is 4.26. The van der Waals surface area contributed by atoms with E-state index in [0.717, 1.165) is 11.1 Å². The molecular formula is C27H24N4O4. The van der Waals surface area contributed by atoms with Gasteiger partial charge in [0.05, 0.1) is 13.2 Å². The molecule has 0 bridgehead atoms. The average molecular weight is 469 g/mol. The van der Waals surface area contributed by atoms with Crippen LogP contribution in [0.3, 0.4) is 0 Å². The van der Waals surface area contributed by atoms with Crippen LogP contribution in [0.4, 0.5) is 5.69 Å². The highest BCUT2D eigenvalue weighted by Gasteiger charge is 2.19. The number of nitrogens with one attached hydrogen (secondary N) is 1. The highest BCUT2D eigenvalue weighted by molar-refractivity contribution is 6.05. The molecule has 3 aromatic carbocycles. The van der Waals surface area contributed by atoms with E-state index in [1.165, 1.54) is 0 Å². The fraction of sp³-hybridized carbons (Fsp3) is 0.185. The first kappa shape index (κ1) is 22.5. The predicted octanol–water partition coefficient (Wildman–Crippen LogP) is 4.44. The van der Waals surface area contributed by atoms with Crippen LogP contribution in [-0.2, 0) is 4.74 Å². The van der Waals surface area contributed by atoms with Crippen molar-refractivity contribution in [1.29, 1.82) is 0 Å². The molecule has 4 aromatic rings. The molecule has 0 unspecified atom stereocenters. The number of aromatic nitrogens is 2. The zero-order valence-electron chi connectivity index (χ0n) is 19.2. The molecule has 8 nitrogen and oxygen atoms in total. The van der Waals surface area contributed by atoms with Gasteiger partial charge in [0.2, 0.25) is 11.8 Å². The topological polar surface area (TPSA) is 97.6 Å². The first-order valence-electron chi connectivity index (χ1n) is 11.4. The van der Waals surface area contributed by atoms with E-state index in [1.807, 2.05) is 31.2 Å². The molecule has 2 amide bonds. The third kappa shape index (κ3) is 5.12. The molecule has 0 atom stereocenters. The fourth-order valence-corrected chi connectivity index (χ4v) is 3.80. The van der Waals surface area contributed by atoms with Crippen molar-refractivity contribution in [2.75, 3.05) is 31.6 Å². The van der Waals surface area contributed by atoms with Crippen molar-refractivity contribution in [2.45, 2.75) is 6.92 Å². The highest BCUT2D eigenvalue weighted by atomic mass is 16.5. The van der Waals surface area contributed by atoms with Gasteiger partial charge in [-0.1, -0.05) is 23.8 Å². The number of rotatable bonds is 5. The number of carbonyl (C=O) groups excluding carboxylic acids is 2. The van der Waals surface area contributed by atoms with E-state index >= 15 is 0 Å². The summed E-state index contributed by atoms with van der Waals surface area (Å²) in [7, 11) is 0. The van der Waals surface area contributed by atoms with Crippen molar-refractivity contribution < 1.29 is 18.7 Å². The molecule has 176 valence electrons. The molecule has 1 aliphatic rings. The van der Waals surface area contributed by atoms with Crippen LogP contribution in [0.25, 0.3) is 22.9 Å². The second-order valence-electron chi connectivity index (χ2n) is 8.30. The van der Waals surface area contributed by atoms with Crippen LogP contribution in [0.15, 0.2) is 77.2 Å². The van der Waals surface area contributed by atoms with Crippen LogP contribution in [-0.4, -0.2) is 53.2 Å². The highest BCUT2D eigenvalue weighted by Crippen LogP contribution is 2.24. The van der Waals surface area contributed by atoms with Gasteiger partial charge in [0.1, 0.15) is 0 Å². The van der Waals surface area contributed by atoms with Gasteiger partial charge in [-0.25, -0.2) is 0 Å². The normalized spacial score (nSPS) is 13.5. The van der Waals surface area contributed by atoms with Crippen molar-refractivity contribution in [3.05, 3.63) is 89.5 Å². The maximum Gasteiger partial charge on any atom is 0.255 e. The summed E-state index contributed by atoms with van der Waals surface area (Å²) >= 11 is 0. The maximum absolute atomic E-state index is 12.8. The number of amides is 2. The van der Waals surface area contributed by atoms with Crippen LogP contribution in [0.1, 0.15) is 26.3 Å². The molecule has 8 heteroatoms. The van der Waals surface area contributed by atoms with E-state index in [1.54, 1.807) is 53.4 Å². The molecular weight excluding hydrogens is 444 g/mol. The molecule has 2 heterocycles. The molecule has 1 N–H and O–H groups in total. The van der Waals surface area contributed by atoms with Crippen LogP contribution >= 0.6 is 0 Å². The van der Waals surface area contributed by atoms with E-state index in [4.69, 9.17) is 9.15 Å². The number of hydrogen-bond acceptors (Lipinski definition) is 6. The Morgan fingerprint density at radius 3 is 2.11 bits per heavy atom. The number of anilines is 1. The summed E-state index contributed by atoms with van der Waals surface area (Å²) in [4.78, 5) is 27.3. The molecule has 0 spiro atoms. The number of benzene rings is 3. The maximum atomic E-state index is 12.8. The molecule has 1 saturated heterocycles. The summed E-state index contributed by atoms with van der Waals surface area (Å²) in [5, 5.41) is 11.1. The second kappa shape index (κ2) is 9.90. The fourth-order valence-electron chi connectivity index (χ4n) is 3.80. The molecule has 0 aliphatic carbocycles. The number of nitrogens with zero attached hydrogens (tertiary/aromatic N) is 3. The smallest absolute Gasteiger partial charge is 0.255 e. The number of hydrogen-bond donors (Lipinski definition) is 1. The summed E-state index contributed by atoms with van der Waals surface area (Å²) in [6.07, 6.45) is 0. The first-order valence-corrected chi connectivity index (χ1v) is 11.4. The Balaban J connectivity index is 1.26.